The van der Waals surface area contributed by atoms with E-state index in [1.807, 2.05) is 0 Å². The molecule has 0 radical (unpaired) electrons. The summed E-state index contributed by atoms with van der Waals surface area (Å²) in [5.41, 5.74) is 2.56. The number of nitrogens with one attached hydrogen (secondary N) is 1. The predicted octanol–water partition coefficient (Wildman–Crippen LogP) is 3.60. The molecule has 1 N–H and O–H groups in total. The van der Waals surface area contributed by atoms with Gasteiger partial charge in [0.2, 0.25) is 0 Å². The minimum absolute atomic E-state index is 0.345. The Bertz CT molecular complexity index is 368. The molecule has 1 aliphatic rings. The molecule has 0 amide bonds. The van der Waals surface area contributed by atoms with Crippen LogP contribution in [0.15, 0.2) is 18.2 Å². The Morgan fingerprint density at radius 2 is 1.89 bits per heavy atom. The second-order valence-electron chi connectivity index (χ2n) is 5.47. The van der Waals surface area contributed by atoms with Crippen LogP contribution in [0.4, 0.5) is 0 Å². The Labute approximate surface area is 111 Å². The molecule has 18 heavy (non-hydrogen) atoms. The molecule has 1 saturated carbocycles. The first-order valence-electron chi connectivity index (χ1n) is 7.17. The molecule has 2 heteroatoms. The van der Waals surface area contributed by atoms with E-state index in [9.17, 15) is 0 Å². The first-order valence-corrected chi connectivity index (χ1v) is 7.17. The van der Waals surface area contributed by atoms with Gasteiger partial charge in [-0.3, -0.25) is 0 Å². The summed E-state index contributed by atoms with van der Waals surface area (Å²) in [6.45, 7) is 7.56. The summed E-state index contributed by atoms with van der Waals surface area (Å²) in [4.78, 5) is 0. The maximum atomic E-state index is 6.18. The summed E-state index contributed by atoms with van der Waals surface area (Å²) in [6, 6.07) is 7.00. The minimum Gasteiger partial charge on any atom is -0.489 e. The number of ether oxygens (including phenoxy) is 1. The third-order valence-electron chi connectivity index (χ3n) is 3.59. The van der Waals surface area contributed by atoms with Crippen molar-refractivity contribution in [2.75, 3.05) is 6.54 Å². The van der Waals surface area contributed by atoms with Crippen LogP contribution in [0.1, 0.15) is 43.7 Å². The van der Waals surface area contributed by atoms with Crippen LogP contribution in [0.25, 0.3) is 0 Å². The lowest BCUT2D eigenvalue weighted by Crippen LogP contribution is -2.39. The van der Waals surface area contributed by atoms with Gasteiger partial charge in [-0.1, -0.05) is 13.0 Å². The van der Waals surface area contributed by atoms with Crippen LogP contribution < -0.4 is 10.1 Å². The first-order chi connectivity index (χ1) is 8.69. The number of rotatable bonds is 5. The van der Waals surface area contributed by atoms with Crippen LogP contribution in [0.3, 0.4) is 0 Å². The summed E-state index contributed by atoms with van der Waals surface area (Å²) in [7, 11) is 0. The van der Waals surface area contributed by atoms with Crippen molar-refractivity contribution in [2.45, 2.75) is 58.6 Å². The highest BCUT2D eigenvalue weighted by molar-refractivity contribution is 5.33. The minimum atomic E-state index is 0.345. The van der Waals surface area contributed by atoms with Crippen molar-refractivity contribution >= 4 is 0 Å². The van der Waals surface area contributed by atoms with Crippen molar-refractivity contribution in [1.29, 1.82) is 0 Å². The van der Waals surface area contributed by atoms with Crippen molar-refractivity contribution in [3.8, 4) is 5.75 Å². The topological polar surface area (TPSA) is 21.3 Å². The van der Waals surface area contributed by atoms with Gasteiger partial charge < -0.3 is 10.1 Å². The van der Waals surface area contributed by atoms with Crippen molar-refractivity contribution < 1.29 is 4.74 Å². The Morgan fingerprint density at radius 3 is 2.56 bits per heavy atom. The second kappa shape index (κ2) is 6.24. The second-order valence-corrected chi connectivity index (χ2v) is 5.47. The zero-order valence-electron chi connectivity index (χ0n) is 11.8. The maximum Gasteiger partial charge on any atom is 0.120 e. The van der Waals surface area contributed by atoms with Gasteiger partial charge in [0.05, 0.1) is 0 Å². The van der Waals surface area contributed by atoms with Crippen LogP contribution in [0.5, 0.6) is 5.75 Å². The summed E-state index contributed by atoms with van der Waals surface area (Å²) in [5.74, 6) is 1.03. The summed E-state index contributed by atoms with van der Waals surface area (Å²) >= 11 is 0. The van der Waals surface area contributed by atoms with Crippen molar-refractivity contribution in [3.63, 3.8) is 0 Å². The largest absolute Gasteiger partial charge is 0.489 e. The predicted molar refractivity (Wildman–Crippen MR) is 76.3 cm³/mol. The Balaban J connectivity index is 1.98. The molecule has 0 aliphatic heterocycles. The van der Waals surface area contributed by atoms with E-state index >= 15 is 0 Å². The molecule has 1 aromatic carbocycles. The van der Waals surface area contributed by atoms with Gasteiger partial charge in [0.25, 0.3) is 0 Å². The molecule has 0 aromatic heterocycles. The molecule has 100 valence electrons. The fourth-order valence-electron chi connectivity index (χ4n) is 2.81. The van der Waals surface area contributed by atoms with Crippen molar-refractivity contribution in [1.82, 2.24) is 5.32 Å². The van der Waals surface area contributed by atoms with E-state index in [0.717, 1.165) is 12.3 Å². The van der Waals surface area contributed by atoms with Gasteiger partial charge in [0, 0.05) is 6.04 Å². The van der Waals surface area contributed by atoms with Gasteiger partial charge in [0.1, 0.15) is 11.9 Å². The van der Waals surface area contributed by atoms with Crippen LogP contribution in [-0.2, 0) is 0 Å². The summed E-state index contributed by atoms with van der Waals surface area (Å²) in [6.07, 6.45) is 5.23. The van der Waals surface area contributed by atoms with Gasteiger partial charge in [-0.25, -0.2) is 0 Å². The third kappa shape index (κ3) is 3.49. The van der Waals surface area contributed by atoms with E-state index in [2.05, 4.69) is 44.3 Å². The fraction of sp³-hybridized carbons (Fsp3) is 0.625. The smallest absolute Gasteiger partial charge is 0.120 e. The molecular formula is C16H25NO. The molecule has 2 atom stereocenters. The SMILES string of the molecule is CCCNC1CCCC1Oc1cc(C)cc(C)c1. The van der Waals surface area contributed by atoms with E-state index in [1.165, 1.54) is 36.8 Å². The molecule has 2 unspecified atom stereocenters. The molecule has 0 saturated heterocycles. The summed E-state index contributed by atoms with van der Waals surface area (Å²) in [5, 5.41) is 3.61. The van der Waals surface area contributed by atoms with Crippen molar-refractivity contribution in [3.05, 3.63) is 29.3 Å². The van der Waals surface area contributed by atoms with Crippen LogP contribution in [0.2, 0.25) is 0 Å². The Hall–Kier alpha value is -1.02. The van der Waals surface area contributed by atoms with Gasteiger partial charge in [-0.05, 0) is 69.3 Å². The zero-order valence-corrected chi connectivity index (χ0v) is 11.8. The van der Waals surface area contributed by atoms with E-state index in [0.29, 0.717) is 12.1 Å². The lowest BCUT2D eigenvalue weighted by molar-refractivity contribution is 0.174. The average Bonchev–Trinajstić information content (AvgIpc) is 2.72. The molecule has 1 aromatic rings. The van der Waals surface area contributed by atoms with Crippen molar-refractivity contribution in [2.24, 2.45) is 0 Å². The standard InChI is InChI=1S/C16H25NO/c1-4-8-17-15-6-5-7-16(15)18-14-10-12(2)9-13(3)11-14/h9-11,15-17H,4-8H2,1-3H3. The van der Waals surface area contributed by atoms with E-state index in [1.54, 1.807) is 0 Å². The number of benzene rings is 1. The highest BCUT2D eigenvalue weighted by Gasteiger charge is 2.28. The van der Waals surface area contributed by atoms with Gasteiger partial charge >= 0.3 is 0 Å². The molecule has 1 aliphatic carbocycles. The molecular weight excluding hydrogens is 222 g/mol. The molecule has 0 spiro atoms. The fourth-order valence-corrected chi connectivity index (χ4v) is 2.81. The van der Waals surface area contributed by atoms with Gasteiger partial charge in [-0.2, -0.15) is 0 Å². The third-order valence-corrected chi connectivity index (χ3v) is 3.59. The summed E-state index contributed by atoms with van der Waals surface area (Å²) < 4.78 is 6.18. The Kier molecular flexibility index (Phi) is 4.65. The molecule has 2 nitrogen and oxygen atoms in total. The number of hydrogen-bond acceptors (Lipinski definition) is 2. The average molecular weight is 247 g/mol. The number of hydrogen-bond donors (Lipinski definition) is 1. The van der Waals surface area contributed by atoms with E-state index < -0.39 is 0 Å². The zero-order chi connectivity index (χ0) is 13.0. The number of aryl methyl sites for hydroxylation is 2. The van der Waals surface area contributed by atoms with E-state index in [4.69, 9.17) is 4.74 Å². The maximum absolute atomic E-state index is 6.18. The van der Waals surface area contributed by atoms with Crippen LogP contribution in [-0.4, -0.2) is 18.7 Å². The van der Waals surface area contributed by atoms with Crippen LogP contribution in [0, 0.1) is 13.8 Å². The lowest BCUT2D eigenvalue weighted by atomic mass is 10.1. The van der Waals surface area contributed by atoms with Crippen LogP contribution >= 0.6 is 0 Å². The Morgan fingerprint density at radius 1 is 1.17 bits per heavy atom. The lowest BCUT2D eigenvalue weighted by Gasteiger charge is -2.22. The van der Waals surface area contributed by atoms with Gasteiger partial charge in [0.15, 0.2) is 0 Å². The molecule has 0 heterocycles. The van der Waals surface area contributed by atoms with Gasteiger partial charge in [-0.15, -0.1) is 0 Å². The quantitative estimate of drug-likeness (QED) is 0.858. The highest BCUT2D eigenvalue weighted by atomic mass is 16.5. The molecule has 1 fully saturated rings. The first kappa shape index (κ1) is 13.4. The van der Waals surface area contributed by atoms with E-state index in [-0.39, 0.29) is 0 Å². The normalized spacial score (nSPS) is 23.3. The molecule has 2 rings (SSSR count). The molecule has 0 bridgehead atoms. The highest BCUT2D eigenvalue weighted by Crippen LogP contribution is 2.26. The monoisotopic (exact) mass is 247 g/mol.